The number of rotatable bonds is 5. The Hall–Kier alpha value is -2.12. The average Bonchev–Trinajstić information content (AvgIpc) is 2.79. The standard InChI is InChI=1S/C18H18ClN3O3S/c1-10(2)8-21-16(23)17(24)22(18(21)25)9-12-6-11-4-5-13(26-3)7-14(11)20-15(12)19/h4-7,10H,8-9H2,1-3H3. The van der Waals surface area contributed by atoms with Gasteiger partial charge in [-0.1, -0.05) is 31.5 Å². The van der Waals surface area contributed by atoms with Gasteiger partial charge in [0.25, 0.3) is 0 Å². The van der Waals surface area contributed by atoms with Crippen LogP contribution >= 0.6 is 23.4 Å². The highest BCUT2D eigenvalue weighted by molar-refractivity contribution is 7.98. The fraction of sp³-hybridized carbons (Fsp3) is 0.333. The van der Waals surface area contributed by atoms with Gasteiger partial charge in [0.15, 0.2) is 0 Å². The summed E-state index contributed by atoms with van der Waals surface area (Å²) in [6, 6.07) is 6.99. The summed E-state index contributed by atoms with van der Waals surface area (Å²) in [6.45, 7) is 3.88. The third kappa shape index (κ3) is 3.41. The summed E-state index contributed by atoms with van der Waals surface area (Å²) in [5, 5.41) is 1.07. The van der Waals surface area contributed by atoms with Crippen molar-refractivity contribution in [2.75, 3.05) is 12.8 Å². The lowest BCUT2D eigenvalue weighted by Gasteiger charge is -2.17. The molecule has 6 nitrogen and oxygen atoms in total. The van der Waals surface area contributed by atoms with Crippen molar-refractivity contribution in [1.82, 2.24) is 14.8 Å². The van der Waals surface area contributed by atoms with Crippen LogP contribution in [-0.4, -0.2) is 45.4 Å². The monoisotopic (exact) mass is 391 g/mol. The van der Waals surface area contributed by atoms with Gasteiger partial charge in [0.05, 0.1) is 12.1 Å². The van der Waals surface area contributed by atoms with Crippen LogP contribution in [0.25, 0.3) is 10.9 Å². The molecule has 1 aliphatic heterocycles. The summed E-state index contributed by atoms with van der Waals surface area (Å²) in [5.41, 5.74) is 1.26. The minimum absolute atomic E-state index is 0.0761. The molecule has 0 spiro atoms. The van der Waals surface area contributed by atoms with E-state index in [1.807, 2.05) is 38.3 Å². The van der Waals surface area contributed by atoms with E-state index in [1.54, 1.807) is 17.8 Å². The Morgan fingerprint density at radius 1 is 1.12 bits per heavy atom. The number of carbonyl (C=O) groups excluding carboxylic acids is 3. The van der Waals surface area contributed by atoms with E-state index in [1.165, 1.54) is 0 Å². The molecule has 0 unspecified atom stereocenters. The first-order valence-corrected chi connectivity index (χ1v) is 9.72. The van der Waals surface area contributed by atoms with Crippen molar-refractivity contribution >= 4 is 52.1 Å². The number of amides is 4. The lowest BCUT2D eigenvalue weighted by Crippen LogP contribution is -2.35. The van der Waals surface area contributed by atoms with Gasteiger partial charge in [-0.15, -0.1) is 11.8 Å². The Balaban J connectivity index is 1.91. The van der Waals surface area contributed by atoms with Crippen LogP contribution in [0, 0.1) is 5.92 Å². The Morgan fingerprint density at radius 3 is 2.46 bits per heavy atom. The Morgan fingerprint density at radius 2 is 1.81 bits per heavy atom. The molecular formula is C18H18ClN3O3S. The van der Waals surface area contributed by atoms with Gasteiger partial charge in [0, 0.05) is 22.4 Å². The second-order valence-corrected chi connectivity index (χ2v) is 7.72. The first-order valence-electron chi connectivity index (χ1n) is 8.12. The van der Waals surface area contributed by atoms with Gasteiger partial charge in [-0.3, -0.25) is 19.4 Å². The van der Waals surface area contributed by atoms with Gasteiger partial charge in [-0.2, -0.15) is 0 Å². The maximum atomic E-state index is 12.5. The van der Waals surface area contributed by atoms with E-state index in [-0.39, 0.29) is 24.2 Å². The Kier molecular flexibility index (Phi) is 5.20. The number of urea groups is 1. The van der Waals surface area contributed by atoms with Crippen LogP contribution in [0.2, 0.25) is 5.15 Å². The van der Waals surface area contributed by atoms with E-state index in [2.05, 4.69) is 4.98 Å². The van der Waals surface area contributed by atoms with E-state index in [9.17, 15) is 14.4 Å². The number of pyridine rings is 1. The molecule has 2 aromatic rings. The zero-order valence-corrected chi connectivity index (χ0v) is 16.2. The van der Waals surface area contributed by atoms with Crippen LogP contribution in [0.4, 0.5) is 4.79 Å². The van der Waals surface area contributed by atoms with Crippen molar-refractivity contribution in [2.45, 2.75) is 25.3 Å². The molecule has 1 aromatic heterocycles. The molecule has 26 heavy (non-hydrogen) atoms. The SMILES string of the molecule is CSc1ccc2cc(CN3C(=O)C(=O)N(CC(C)C)C3=O)c(Cl)nc2c1. The average molecular weight is 392 g/mol. The Bertz CT molecular complexity index is 916. The number of halogens is 1. The largest absolute Gasteiger partial charge is 0.334 e. The molecule has 4 amide bonds. The topological polar surface area (TPSA) is 70.6 Å². The maximum absolute atomic E-state index is 12.5. The molecule has 0 radical (unpaired) electrons. The molecule has 8 heteroatoms. The minimum atomic E-state index is -0.829. The summed E-state index contributed by atoms with van der Waals surface area (Å²) in [7, 11) is 0. The predicted molar refractivity (Wildman–Crippen MR) is 101 cm³/mol. The van der Waals surface area contributed by atoms with E-state index in [0.29, 0.717) is 5.56 Å². The molecule has 1 saturated heterocycles. The van der Waals surface area contributed by atoms with Crippen molar-refractivity contribution in [3.8, 4) is 0 Å². The highest BCUT2D eigenvalue weighted by Crippen LogP contribution is 2.27. The lowest BCUT2D eigenvalue weighted by molar-refractivity contribution is -0.143. The quantitative estimate of drug-likeness (QED) is 0.337. The van der Waals surface area contributed by atoms with Crippen molar-refractivity contribution in [3.05, 3.63) is 35.0 Å². The number of carbonyl (C=O) groups is 3. The van der Waals surface area contributed by atoms with Crippen molar-refractivity contribution in [1.29, 1.82) is 0 Å². The molecule has 0 atom stereocenters. The third-order valence-corrected chi connectivity index (χ3v) is 5.11. The van der Waals surface area contributed by atoms with Crippen LogP contribution in [0.1, 0.15) is 19.4 Å². The number of nitrogens with zero attached hydrogens (tertiary/aromatic N) is 3. The van der Waals surface area contributed by atoms with Crippen LogP contribution in [0.3, 0.4) is 0 Å². The summed E-state index contributed by atoms with van der Waals surface area (Å²) in [5.74, 6) is -1.55. The van der Waals surface area contributed by atoms with Crippen molar-refractivity contribution < 1.29 is 14.4 Å². The minimum Gasteiger partial charge on any atom is -0.263 e. The smallest absolute Gasteiger partial charge is 0.263 e. The molecule has 0 aliphatic carbocycles. The van der Waals surface area contributed by atoms with Crippen LogP contribution in [0.5, 0.6) is 0 Å². The predicted octanol–water partition coefficient (Wildman–Crippen LogP) is 3.56. The maximum Gasteiger partial charge on any atom is 0.334 e. The summed E-state index contributed by atoms with van der Waals surface area (Å²) in [6.07, 6.45) is 1.97. The molecule has 3 rings (SSSR count). The highest BCUT2D eigenvalue weighted by atomic mass is 35.5. The lowest BCUT2D eigenvalue weighted by atomic mass is 10.1. The van der Waals surface area contributed by atoms with Gasteiger partial charge >= 0.3 is 17.8 Å². The van der Waals surface area contributed by atoms with Gasteiger partial charge in [-0.25, -0.2) is 9.78 Å². The number of hydrogen-bond acceptors (Lipinski definition) is 5. The summed E-state index contributed by atoms with van der Waals surface area (Å²) < 4.78 is 0. The number of benzene rings is 1. The molecule has 0 saturated carbocycles. The molecule has 2 heterocycles. The van der Waals surface area contributed by atoms with Crippen molar-refractivity contribution in [3.63, 3.8) is 0 Å². The zero-order chi connectivity index (χ0) is 19.0. The summed E-state index contributed by atoms with van der Waals surface area (Å²) in [4.78, 5) is 44.1. The summed E-state index contributed by atoms with van der Waals surface area (Å²) >= 11 is 7.87. The van der Waals surface area contributed by atoms with Crippen LogP contribution < -0.4 is 0 Å². The molecule has 1 aromatic carbocycles. The molecule has 0 N–H and O–H groups in total. The third-order valence-electron chi connectivity index (χ3n) is 4.06. The van der Waals surface area contributed by atoms with Crippen LogP contribution in [-0.2, 0) is 16.1 Å². The van der Waals surface area contributed by atoms with Gasteiger partial charge in [0.1, 0.15) is 5.15 Å². The normalized spacial score (nSPS) is 15.0. The zero-order valence-electron chi connectivity index (χ0n) is 14.7. The first kappa shape index (κ1) is 18.7. The van der Waals surface area contributed by atoms with Gasteiger partial charge in [-0.05, 0) is 30.4 Å². The van der Waals surface area contributed by atoms with Gasteiger partial charge < -0.3 is 0 Å². The van der Waals surface area contributed by atoms with E-state index >= 15 is 0 Å². The van der Waals surface area contributed by atoms with E-state index in [4.69, 9.17) is 11.6 Å². The van der Waals surface area contributed by atoms with Crippen LogP contribution in [0.15, 0.2) is 29.2 Å². The molecule has 1 aliphatic rings. The number of aromatic nitrogens is 1. The fourth-order valence-corrected chi connectivity index (χ4v) is 3.43. The van der Waals surface area contributed by atoms with Gasteiger partial charge in [0.2, 0.25) is 0 Å². The highest BCUT2D eigenvalue weighted by Gasteiger charge is 2.44. The second-order valence-electron chi connectivity index (χ2n) is 6.48. The Labute approximate surface area is 160 Å². The molecular weight excluding hydrogens is 374 g/mol. The molecule has 0 bridgehead atoms. The number of hydrogen-bond donors (Lipinski definition) is 0. The number of imide groups is 2. The molecule has 1 fully saturated rings. The van der Waals surface area contributed by atoms with E-state index in [0.717, 1.165) is 25.6 Å². The number of thioether (sulfide) groups is 1. The van der Waals surface area contributed by atoms with Crippen molar-refractivity contribution in [2.24, 2.45) is 5.92 Å². The molecule has 136 valence electrons. The second kappa shape index (κ2) is 7.25. The first-order chi connectivity index (χ1) is 12.3. The number of fused-ring (bicyclic) bond motifs is 1. The fourth-order valence-electron chi connectivity index (χ4n) is 2.79. The van der Waals surface area contributed by atoms with E-state index < -0.39 is 17.8 Å².